The number of hydrogen-bond acceptors (Lipinski definition) is 1. The fourth-order valence-electron chi connectivity index (χ4n) is 2.03. The molecule has 1 N–H and O–H groups in total. The first-order valence-electron chi connectivity index (χ1n) is 6.83. The van der Waals surface area contributed by atoms with Gasteiger partial charge in [0.2, 0.25) is 0 Å². The zero-order valence-corrected chi connectivity index (χ0v) is 12.9. The van der Waals surface area contributed by atoms with Gasteiger partial charge in [0, 0.05) is 0 Å². The van der Waals surface area contributed by atoms with Crippen LogP contribution >= 0.6 is 0 Å². The van der Waals surface area contributed by atoms with Crippen LogP contribution in [0.4, 0.5) is 0 Å². The molecule has 0 atom stereocenters. The molecule has 1 aromatic carbocycles. The zero-order valence-electron chi connectivity index (χ0n) is 11.5. The van der Waals surface area contributed by atoms with Gasteiger partial charge in [0.15, 0.2) is 9.76 Å². The highest BCUT2D eigenvalue weighted by Gasteiger charge is 2.05. The molecular formula is C16H24OSi. The number of benzene rings is 1. The molecule has 0 radical (unpaired) electrons. The molecule has 0 aliphatic heterocycles. The minimum atomic E-state index is -1.08. The lowest BCUT2D eigenvalue weighted by Crippen LogP contribution is -2.20. The Morgan fingerprint density at radius 3 is 2.28 bits per heavy atom. The molecule has 0 saturated carbocycles. The predicted molar refractivity (Wildman–Crippen MR) is 83.1 cm³/mol. The number of hydrogen-bond donors (Lipinski definition) is 1. The highest BCUT2D eigenvalue weighted by atomic mass is 28.2. The van der Waals surface area contributed by atoms with E-state index in [0.29, 0.717) is 0 Å². The lowest BCUT2D eigenvalue weighted by molar-refractivity contribution is 0.615. The van der Waals surface area contributed by atoms with Crippen LogP contribution < -0.4 is 5.19 Å². The normalized spacial score (nSPS) is 12.4. The molecule has 0 spiro atoms. The van der Waals surface area contributed by atoms with E-state index >= 15 is 0 Å². The number of rotatable bonds is 7. The largest absolute Gasteiger partial charge is 0.433 e. The van der Waals surface area contributed by atoms with Crippen molar-refractivity contribution < 1.29 is 4.80 Å². The molecule has 1 rings (SSSR count). The van der Waals surface area contributed by atoms with Crippen molar-refractivity contribution in [1.82, 2.24) is 0 Å². The Morgan fingerprint density at radius 2 is 1.67 bits per heavy atom. The van der Waals surface area contributed by atoms with Crippen LogP contribution in [0.5, 0.6) is 0 Å². The van der Waals surface area contributed by atoms with Crippen molar-refractivity contribution in [2.24, 2.45) is 0 Å². The summed E-state index contributed by atoms with van der Waals surface area (Å²) in [5, 5.41) is 1.19. The van der Waals surface area contributed by atoms with Gasteiger partial charge in [-0.15, -0.1) is 0 Å². The fourth-order valence-corrected chi connectivity index (χ4v) is 2.84. The van der Waals surface area contributed by atoms with Gasteiger partial charge in [-0.25, -0.2) is 0 Å². The molecule has 0 bridgehead atoms. The summed E-state index contributed by atoms with van der Waals surface area (Å²) < 4.78 is 0. The van der Waals surface area contributed by atoms with Crippen molar-refractivity contribution in [1.29, 1.82) is 0 Å². The summed E-state index contributed by atoms with van der Waals surface area (Å²) in [5.41, 5.74) is 2.71. The molecule has 1 aromatic rings. The standard InChI is InChI=1S/C16H24OSi/c1-3-5-7-10-14-11-9-13-16(18-17)15(14)12-8-6-4-2/h5-9,11,13,17H,3-4,10,12,18H2,1-2H3. The second-order valence-corrected chi connectivity index (χ2v) is 5.46. The first kappa shape index (κ1) is 14.9. The molecule has 0 amide bonds. The summed E-state index contributed by atoms with van der Waals surface area (Å²) >= 11 is 0. The fraction of sp³-hybridized carbons (Fsp3) is 0.375. The molecule has 0 aliphatic rings. The quantitative estimate of drug-likeness (QED) is 0.589. The molecule has 18 heavy (non-hydrogen) atoms. The van der Waals surface area contributed by atoms with Gasteiger partial charge in [-0.2, -0.15) is 0 Å². The van der Waals surface area contributed by atoms with E-state index in [-0.39, 0.29) is 0 Å². The minimum Gasteiger partial charge on any atom is -0.433 e. The van der Waals surface area contributed by atoms with Crippen LogP contribution in [0, 0.1) is 0 Å². The van der Waals surface area contributed by atoms with E-state index in [9.17, 15) is 4.80 Å². The van der Waals surface area contributed by atoms with Gasteiger partial charge in [0.25, 0.3) is 0 Å². The summed E-state index contributed by atoms with van der Waals surface area (Å²) in [6, 6.07) is 6.33. The van der Waals surface area contributed by atoms with Crippen molar-refractivity contribution in [3.63, 3.8) is 0 Å². The third-order valence-corrected chi connectivity index (χ3v) is 4.01. The maximum Gasteiger partial charge on any atom is 0.188 e. The van der Waals surface area contributed by atoms with Crippen molar-refractivity contribution in [2.75, 3.05) is 0 Å². The molecule has 98 valence electrons. The highest BCUT2D eigenvalue weighted by molar-refractivity contribution is 6.46. The van der Waals surface area contributed by atoms with E-state index < -0.39 is 9.76 Å². The summed E-state index contributed by atoms with van der Waals surface area (Å²) in [6.45, 7) is 4.30. The number of allylic oxidation sites excluding steroid dienone is 4. The van der Waals surface area contributed by atoms with E-state index in [2.05, 4.69) is 56.4 Å². The van der Waals surface area contributed by atoms with Gasteiger partial charge < -0.3 is 4.80 Å². The molecule has 0 fully saturated rings. The van der Waals surface area contributed by atoms with Crippen LogP contribution in [0.15, 0.2) is 42.5 Å². The molecular weight excluding hydrogens is 236 g/mol. The first-order chi connectivity index (χ1) is 8.83. The molecule has 0 unspecified atom stereocenters. The van der Waals surface area contributed by atoms with Crippen molar-refractivity contribution in [2.45, 2.75) is 39.5 Å². The Morgan fingerprint density at radius 1 is 1.00 bits per heavy atom. The molecule has 2 heteroatoms. The van der Waals surface area contributed by atoms with Crippen molar-refractivity contribution >= 4 is 14.9 Å². The summed E-state index contributed by atoms with van der Waals surface area (Å²) in [7, 11) is -1.08. The maximum atomic E-state index is 9.57. The highest BCUT2D eigenvalue weighted by Crippen LogP contribution is 2.10. The summed E-state index contributed by atoms with van der Waals surface area (Å²) in [5.74, 6) is 0. The third-order valence-electron chi connectivity index (χ3n) is 3.00. The molecule has 0 heterocycles. The van der Waals surface area contributed by atoms with Crippen LogP contribution in [-0.2, 0) is 12.8 Å². The van der Waals surface area contributed by atoms with E-state index in [0.717, 1.165) is 25.7 Å². The topological polar surface area (TPSA) is 20.2 Å². The summed E-state index contributed by atoms with van der Waals surface area (Å²) in [4.78, 5) is 9.57. The SMILES string of the molecule is CCC=CCc1cccc([SiH2]O)c1CC=CCC. The van der Waals surface area contributed by atoms with Crippen molar-refractivity contribution in [3.05, 3.63) is 53.6 Å². The Labute approximate surface area is 113 Å². The zero-order chi connectivity index (χ0) is 13.2. The lowest BCUT2D eigenvalue weighted by Gasteiger charge is -2.10. The Kier molecular flexibility index (Phi) is 7.38. The smallest absolute Gasteiger partial charge is 0.188 e. The van der Waals surface area contributed by atoms with Crippen LogP contribution in [0.25, 0.3) is 0 Å². The third kappa shape index (κ3) is 4.63. The second-order valence-electron chi connectivity index (χ2n) is 4.38. The molecule has 0 aromatic heterocycles. The van der Waals surface area contributed by atoms with Gasteiger partial charge in [-0.05, 0) is 42.0 Å². The van der Waals surface area contributed by atoms with Crippen molar-refractivity contribution in [3.8, 4) is 0 Å². The van der Waals surface area contributed by atoms with E-state index in [4.69, 9.17) is 0 Å². The van der Waals surface area contributed by atoms with Crippen LogP contribution in [0.1, 0.15) is 37.8 Å². The Bertz CT molecular complexity index is 408. The van der Waals surface area contributed by atoms with Gasteiger partial charge in [-0.1, -0.05) is 56.4 Å². The van der Waals surface area contributed by atoms with Crippen LogP contribution in [0.2, 0.25) is 0 Å². The second kappa shape index (κ2) is 8.89. The predicted octanol–water partition coefficient (Wildman–Crippen LogP) is 2.41. The first-order valence-corrected chi connectivity index (χ1v) is 8.17. The summed E-state index contributed by atoms with van der Waals surface area (Å²) in [6.07, 6.45) is 12.9. The van der Waals surface area contributed by atoms with E-state index in [1.165, 1.54) is 16.3 Å². The Hall–Kier alpha value is -1.12. The van der Waals surface area contributed by atoms with Gasteiger partial charge in [0.1, 0.15) is 0 Å². The molecule has 0 saturated heterocycles. The van der Waals surface area contributed by atoms with Gasteiger partial charge in [-0.3, -0.25) is 0 Å². The van der Waals surface area contributed by atoms with Gasteiger partial charge in [0.05, 0.1) is 0 Å². The van der Waals surface area contributed by atoms with E-state index in [1.807, 2.05) is 0 Å². The maximum absolute atomic E-state index is 9.57. The van der Waals surface area contributed by atoms with Crippen LogP contribution in [0.3, 0.4) is 0 Å². The Balaban J connectivity index is 2.92. The monoisotopic (exact) mass is 260 g/mol. The molecule has 0 aliphatic carbocycles. The lowest BCUT2D eigenvalue weighted by atomic mass is 10.0. The molecule has 1 nitrogen and oxygen atoms in total. The average Bonchev–Trinajstić information content (AvgIpc) is 2.40. The van der Waals surface area contributed by atoms with Gasteiger partial charge >= 0.3 is 0 Å². The van der Waals surface area contributed by atoms with E-state index in [1.54, 1.807) is 0 Å². The minimum absolute atomic E-state index is 0.951. The van der Waals surface area contributed by atoms with Crippen LogP contribution in [-0.4, -0.2) is 14.6 Å². The average molecular weight is 260 g/mol.